The highest BCUT2D eigenvalue weighted by Crippen LogP contribution is 2.24. The SMILES string of the molecule is CC(NC(=O)C(NC(=O)CCc1ccc(-c2cccc(C(C)C)c2)cc1)C(C)C)C(=O)N1CCCC(C(=O)O)N1. The fourth-order valence-electron chi connectivity index (χ4n) is 4.70. The summed E-state index contributed by atoms with van der Waals surface area (Å²) < 4.78 is 0. The number of carboxylic acids is 1. The number of benzene rings is 2. The maximum absolute atomic E-state index is 13.0. The van der Waals surface area contributed by atoms with Crippen LogP contribution in [0.5, 0.6) is 0 Å². The van der Waals surface area contributed by atoms with Crippen molar-refractivity contribution in [1.82, 2.24) is 21.1 Å². The summed E-state index contributed by atoms with van der Waals surface area (Å²) in [6.45, 7) is 9.91. The van der Waals surface area contributed by atoms with Gasteiger partial charge in [-0.1, -0.05) is 76.2 Å². The predicted molar refractivity (Wildman–Crippen MR) is 154 cm³/mol. The molecule has 1 fully saturated rings. The first kappa shape index (κ1) is 30.8. The third kappa shape index (κ3) is 8.39. The number of hydrogen-bond acceptors (Lipinski definition) is 5. The van der Waals surface area contributed by atoms with E-state index in [1.807, 2.05) is 26.0 Å². The molecule has 1 aliphatic heterocycles. The van der Waals surface area contributed by atoms with Gasteiger partial charge < -0.3 is 15.7 Å². The largest absolute Gasteiger partial charge is 0.480 e. The van der Waals surface area contributed by atoms with Gasteiger partial charge >= 0.3 is 5.97 Å². The minimum Gasteiger partial charge on any atom is -0.480 e. The van der Waals surface area contributed by atoms with Crippen molar-refractivity contribution in [3.05, 3.63) is 59.7 Å². The molecule has 1 heterocycles. The molecule has 40 heavy (non-hydrogen) atoms. The molecule has 0 bridgehead atoms. The fourth-order valence-corrected chi connectivity index (χ4v) is 4.70. The smallest absolute Gasteiger partial charge is 0.322 e. The lowest BCUT2D eigenvalue weighted by Gasteiger charge is -2.34. The van der Waals surface area contributed by atoms with Gasteiger partial charge in [0.2, 0.25) is 11.8 Å². The van der Waals surface area contributed by atoms with E-state index in [4.69, 9.17) is 0 Å². The number of aryl methyl sites for hydroxylation is 1. The number of hydrogen-bond donors (Lipinski definition) is 4. The Morgan fingerprint density at radius 1 is 0.975 bits per heavy atom. The van der Waals surface area contributed by atoms with E-state index in [9.17, 15) is 24.3 Å². The fraction of sp³-hybridized carbons (Fsp3) is 0.484. The summed E-state index contributed by atoms with van der Waals surface area (Å²) >= 11 is 0. The van der Waals surface area contributed by atoms with Crippen molar-refractivity contribution in [2.24, 2.45) is 5.92 Å². The Bertz CT molecular complexity index is 1190. The number of nitrogens with zero attached hydrogens (tertiary/aromatic N) is 1. The molecule has 2 aromatic carbocycles. The second-order valence-electron chi connectivity index (χ2n) is 11.1. The average Bonchev–Trinajstić information content (AvgIpc) is 2.94. The van der Waals surface area contributed by atoms with Crippen molar-refractivity contribution in [2.75, 3.05) is 6.54 Å². The van der Waals surface area contributed by atoms with Crippen LogP contribution in [0.15, 0.2) is 48.5 Å². The lowest BCUT2D eigenvalue weighted by atomic mass is 9.96. The average molecular weight is 551 g/mol. The Balaban J connectivity index is 1.52. The maximum atomic E-state index is 13.0. The molecule has 0 saturated carbocycles. The molecule has 0 aliphatic carbocycles. The maximum Gasteiger partial charge on any atom is 0.322 e. The van der Waals surface area contributed by atoms with Crippen LogP contribution in [0.3, 0.4) is 0 Å². The molecular formula is C31H42N4O5. The number of carboxylic acid groups (broad SMARTS) is 1. The lowest BCUT2D eigenvalue weighted by molar-refractivity contribution is -0.148. The van der Waals surface area contributed by atoms with Crippen LogP contribution in [0.1, 0.15) is 70.9 Å². The first-order chi connectivity index (χ1) is 19.0. The second-order valence-corrected chi connectivity index (χ2v) is 11.1. The molecule has 1 aliphatic rings. The summed E-state index contributed by atoms with van der Waals surface area (Å²) in [5.41, 5.74) is 7.30. The Kier molecular flexibility index (Phi) is 10.8. The third-order valence-electron chi connectivity index (χ3n) is 7.23. The molecule has 0 aromatic heterocycles. The molecule has 3 amide bonds. The van der Waals surface area contributed by atoms with Crippen LogP contribution in [0.2, 0.25) is 0 Å². The zero-order chi connectivity index (χ0) is 29.4. The summed E-state index contributed by atoms with van der Waals surface area (Å²) in [5.74, 6) is -1.89. The summed E-state index contributed by atoms with van der Waals surface area (Å²) in [5, 5.41) is 16.0. The van der Waals surface area contributed by atoms with Crippen molar-refractivity contribution in [2.45, 2.75) is 84.3 Å². The highest BCUT2D eigenvalue weighted by atomic mass is 16.4. The minimum absolute atomic E-state index is 0.198. The second kappa shape index (κ2) is 14.1. The van der Waals surface area contributed by atoms with Gasteiger partial charge in [0.15, 0.2) is 0 Å². The molecule has 2 aromatic rings. The molecule has 216 valence electrons. The van der Waals surface area contributed by atoms with Crippen LogP contribution in [0, 0.1) is 5.92 Å². The Hall–Kier alpha value is -3.72. The van der Waals surface area contributed by atoms with E-state index in [1.165, 1.54) is 10.6 Å². The molecule has 4 N–H and O–H groups in total. The van der Waals surface area contributed by atoms with Crippen LogP contribution >= 0.6 is 0 Å². The van der Waals surface area contributed by atoms with E-state index < -0.39 is 35.9 Å². The number of carbonyl (C=O) groups is 4. The minimum atomic E-state index is -1.02. The number of carbonyl (C=O) groups excluding carboxylic acids is 3. The van der Waals surface area contributed by atoms with Crippen molar-refractivity contribution in [1.29, 1.82) is 0 Å². The molecule has 3 unspecified atom stereocenters. The highest BCUT2D eigenvalue weighted by molar-refractivity contribution is 5.92. The first-order valence-corrected chi connectivity index (χ1v) is 14.1. The van der Waals surface area contributed by atoms with Gasteiger partial charge in [0.25, 0.3) is 5.91 Å². The van der Waals surface area contributed by atoms with Gasteiger partial charge in [0.05, 0.1) is 0 Å². The predicted octanol–water partition coefficient (Wildman–Crippen LogP) is 3.64. The van der Waals surface area contributed by atoms with Gasteiger partial charge in [-0.15, -0.1) is 0 Å². The molecule has 0 spiro atoms. The van der Waals surface area contributed by atoms with Crippen molar-refractivity contribution < 1.29 is 24.3 Å². The van der Waals surface area contributed by atoms with Crippen LogP contribution in [-0.4, -0.2) is 58.5 Å². The molecule has 1 saturated heterocycles. The zero-order valence-electron chi connectivity index (χ0n) is 24.1. The van der Waals surface area contributed by atoms with E-state index in [1.54, 1.807) is 6.92 Å². The molecule has 3 rings (SSSR count). The number of rotatable bonds is 11. The summed E-state index contributed by atoms with van der Waals surface area (Å²) in [4.78, 5) is 49.8. The van der Waals surface area contributed by atoms with Gasteiger partial charge in [0, 0.05) is 13.0 Å². The number of nitrogens with one attached hydrogen (secondary N) is 3. The Labute approximate surface area is 236 Å². The van der Waals surface area contributed by atoms with E-state index in [0.717, 1.165) is 16.7 Å². The quantitative estimate of drug-likeness (QED) is 0.338. The van der Waals surface area contributed by atoms with Gasteiger partial charge in [-0.3, -0.25) is 24.2 Å². The number of aliphatic carboxylic acids is 1. The van der Waals surface area contributed by atoms with Gasteiger partial charge in [-0.25, -0.2) is 5.43 Å². The monoisotopic (exact) mass is 550 g/mol. The first-order valence-electron chi connectivity index (χ1n) is 14.1. The van der Waals surface area contributed by atoms with Crippen LogP contribution in [-0.2, 0) is 25.6 Å². The Morgan fingerprint density at radius 3 is 2.30 bits per heavy atom. The van der Waals surface area contributed by atoms with Crippen LogP contribution < -0.4 is 16.1 Å². The standard InChI is InChI=1S/C31H42N4O5/c1-19(2)24-8-6-9-25(18-24)23-14-11-22(12-15-23)13-16-27(36)33-28(20(3)4)29(37)32-21(5)30(38)35-17-7-10-26(34-35)31(39)40/h6,8-9,11-12,14-15,18-21,26,28,34H,7,10,13,16-17H2,1-5H3,(H,32,37)(H,33,36)(H,39,40). The van der Waals surface area contributed by atoms with Gasteiger partial charge in [0.1, 0.15) is 18.1 Å². The number of amides is 3. The molecule has 9 nitrogen and oxygen atoms in total. The van der Waals surface area contributed by atoms with Crippen LogP contribution in [0.25, 0.3) is 11.1 Å². The summed E-state index contributed by atoms with van der Waals surface area (Å²) in [7, 11) is 0. The topological polar surface area (TPSA) is 128 Å². The van der Waals surface area contributed by atoms with Crippen molar-refractivity contribution >= 4 is 23.7 Å². The lowest BCUT2D eigenvalue weighted by Crippen LogP contribution is -2.60. The van der Waals surface area contributed by atoms with Crippen molar-refractivity contribution in [3.8, 4) is 11.1 Å². The molecule has 3 atom stereocenters. The zero-order valence-corrected chi connectivity index (χ0v) is 24.1. The van der Waals surface area contributed by atoms with Crippen molar-refractivity contribution in [3.63, 3.8) is 0 Å². The van der Waals surface area contributed by atoms with E-state index in [2.05, 4.69) is 66.3 Å². The van der Waals surface area contributed by atoms with E-state index in [-0.39, 0.29) is 18.2 Å². The normalized spacial score (nSPS) is 16.9. The van der Waals surface area contributed by atoms with Gasteiger partial charge in [-0.2, -0.15) is 0 Å². The Morgan fingerprint density at radius 2 is 1.68 bits per heavy atom. The van der Waals surface area contributed by atoms with E-state index in [0.29, 0.717) is 31.7 Å². The highest BCUT2D eigenvalue weighted by Gasteiger charge is 2.32. The summed E-state index contributed by atoms with van der Waals surface area (Å²) in [6, 6.07) is 14.1. The summed E-state index contributed by atoms with van der Waals surface area (Å²) in [6.07, 6.45) is 1.74. The molecule has 0 radical (unpaired) electrons. The molecule has 9 heteroatoms. The van der Waals surface area contributed by atoms with Gasteiger partial charge in [-0.05, 0) is 60.3 Å². The molecular weight excluding hydrogens is 508 g/mol. The third-order valence-corrected chi connectivity index (χ3v) is 7.23. The van der Waals surface area contributed by atoms with Crippen LogP contribution in [0.4, 0.5) is 0 Å². The number of hydrazine groups is 1. The van der Waals surface area contributed by atoms with E-state index >= 15 is 0 Å².